The van der Waals surface area contributed by atoms with Gasteiger partial charge >= 0.3 is 5.69 Å². The van der Waals surface area contributed by atoms with Crippen LogP contribution >= 0.6 is 0 Å². The Morgan fingerprint density at radius 1 is 0.765 bits per heavy atom. The largest absolute Gasteiger partial charge is 0.301 e. The molecular weight excluding hydrogens is 432 g/mol. The molecule has 1 aliphatic rings. The number of nitro benzene ring substituents is 2. The van der Waals surface area contributed by atoms with Gasteiger partial charge in [0.05, 0.1) is 21.6 Å². The van der Waals surface area contributed by atoms with E-state index in [2.05, 4.69) is 22.7 Å². The molecule has 1 saturated carbocycles. The van der Waals surface area contributed by atoms with E-state index in [1.165, 1.54) is 12.1 Å². The summed E-state index contributed by atoms with van der Waals surface area (Å²) >= 11 is 0. The van der Waals surface area contributed by atoms with Crippen molar-refractivity contribution < 1.29 is 9.85 Å². The van der Waals surface area contributed by atoms with E-state index in [1.807, 2.05) is 60.7 Å². The number of hydrazone groups is 1. The Balaban J connectivity index is 1.77. The number of nitrogens with one attached hydrogen (secondary N) is 1. The van der Waals surface area contributed by atoms with E-state index in [0.717, 1.165) is 47.6 Å². The summed E-state index contributed by atoms with van der Waals surface area (Å²) in [4.78, 5) is 21.3. The molecule has 1 N–H and O–H groups in total. The minimum absolute atomic E-state index is 0.0896. The molecular formula is C26H22N4O4. The maximum atomic E-state index is 11.5. The molecule has 1 fully saturated rings. The van der Waals surface area contributed by atoms with Gasteiger partial charge in [0, 0.05) is 6.07 Å². The minimum atomic E-state index is -0.661. The van der Waals surface area contributed by atoms with Crippen molar-refractivity contribution in [3.05, 3.63) is 121 Å². The van der Waals surface area contributed by atoms with Crippen molar-refractivity contribution in [2.24, 2.45) is 5.10 Å². The molecule has 0 unspecified atom stereocenters. The number of non-ortho nitro benzene ring substituents is 1. The second-order valence-corrected chi connectivity index (χ2v) is 7.80. The lowest BCUT2D eigenvalue weighted by Gasteiger charge is -2.21. The fraction of sp³-hybridized carbons (Fsp3) is 0.115. The van der Waals surface area contributed by atoms with Crippen LogP contribution in [-0.4, -0.2) is 15.6 Å². The summed E-state index contributed by atoms with van der Waals surface area (Å²) in [6.45, 7) is 0. The lowest BCUT2D eigenvalue weighted by Crippen LogP contribution is -2.15. The molecule has 0 saturated heterocycles. The Hall–Kier alpha value is -4.59. The summed E-state index contributed by atoms with van der Waals surface area (Å²) in [6, 6.07) is 23.3. The third kappa shape index (κ3) is 5.42. The van der Waals surface area contributed by atoms with Gasteiger partial charge in [-0.2, -0.15) is 5.10 Å². The summed E-state index contributed by atoms with van der Waals surface area (Å²) in [5.74, 6) is 0. The van der Waals surface area contributed by atoms with Gasteiger partial charge in [-0.1, -0.05) is 60.7 Å². The number of nitrogens with zero attached hydrogens (tertiary/aromatic N) is 3. The minimum Gasteiger partial charge on any atom is -0.271 e. The molecule has 1 aliphatic carbocycles. The van der Waals surface area contributed by atoms with Crippen LogP contribution in [0, 0.1) is 20.2 Å². The number of hydrogen-bond donors (Lipinski definition) is 1. The van der Waals surface area contributed by atoms with Gasteiger partial charge in [-0.05, 0) is 59.8 Å². The van der Waals surface area contributed by atoms with Gasteiger partial charge in [-0.15, -0.1) is 0 Å². The van der Waals surface area contributed by atoms with Crippen LogP contribution in [0.1, 0.15) is 30.4 Å². The summed E-state index contributed by atoms with van der Waals surface area (Å²) in [5.41, 5.74) is 6.94. The van der Waals surface area contributed by atoms with E-state index in [9.17, 15) is 20.2 Å². The van der Waals surface area contributed by atoms with E-state index in [-0.39, 0.29) is 11.4 Å². The monoisotopic (exact) mass is 454 g/mol. The normalized spacial score (nSPS) is 15.8. The van der Waals surface area contributed by atoms with E-state index in [1.54, 1.807) is 0 Å². The van der Waals surface area contributed by atoms with Crippen LogP contribution in [0.2, 0.25) is 0 Å². The molecule has 0 amide bonds. The number of anilines is 1. The van der Waals surface area contributed by atoms with Crippen LogP contribution in [-0.2, 0) is 0 Å². The summed E-state index contributed by atoms with van der Waals surface area (Å²) in [5, 5.41) is 27.2. The first-order valence-electron chi connectivity index (χ1n) is 10.8. The van der Waals surface area contributed by atoms with Gasteiger partial charge in [-0.3, -0.25) is 25.7 Å². The summed E-state index contributed by atoms with van der Waals surface area (Å²) in [6.07, 6.45) is 6.72. The number of rotatable bonds is 6. The van der Waals surface area contributed by atoms with Crippen LogP contribution in [0.4, 0.5) is 17.1 Å². The van der Waals surface area contributed by atoms with E-state index in [4.69, 9.17) is 0 Å². The molecule has 8 heteroatoms. The Morgan fingerprint density at radius 3 is 1.82 bits per heavy atom. The molecule has 8 nitrogen and oxygen atoms in total. The van der Waals surface area contributed by atoms with Crippen molar-refractivity contribution in [1.82, 2.24) is 0 Å². The SMILES string of the molecule is O=[N+]([O-])c1ccc(NN=C2/C(=C/c3ccccc3)CCC/C2=C\c2ccccc2)c([N+](=O)[O-])c1. The van der Waals surface area contributed by atoms with Crippen LogP contribution in [0.5, 0.6) is 0 Å². The van der Waals surface area contributed by atoms with E-state index >= 15 is 0 Å². The zero-order valence-corrected chi connectivity index (χ0v) is 18.3. The molecule has 0 bridgehead atoms. The first-order valence-corrected chi connectivity index (χ1v) is 10.8. The van der Waals surface area contributed by atoms with Crippen molar-refractivity contribution >= 4 is 34.9 Å². The molecule has 0 aromatic heterocycles. The third-order valence-corrected chi connectivity index (χ3v) is 5.46. The predicted molar refractivity (Wildman–Crippen MR) is 133 cm³/mol. The van der Waals surface area contributed by atoms with Gasteiger partial charge in [-0.25, -0.2) is 0 Å². The molecule has 0 radical (unpaired) electrons. The fourth-order valence-corrected chi connectivity index (χ4v) is 3.83. The maximum Gasteiger partial charge on any atom is 0.301 e. The predicted octanol–water partition coefficient (Wildman–Crippen LogP) is 6.62. The molecule has 4 rings (SSSR count). The van der Waals surface area contributed by atoms with Crippen molar-refractivity contribution in [2.45, 2.75) is 19.3 Å². The molecule has 3 aromatic rings. The molecule has 0 atom stereocenters. The van der Waals surface area contributed by atoms with Gasteiger partial charge in [0.15, 0.2) is 0 Å². The zero-order chi connectivity index (χ0) is 23.9. The highest BCUT2D eigenvalue weighted by atomic mass is 16.6. The molecule has 34 heavy (non-hydrogen) atoms. The Kier molecular flexibility index (Phi) is 6.88. The van der Waals surface area contributed by atoms with Crippen molar-refractivity contribution in [2.75, 3.05) is 5.43 Å². The van der Waals surface area contributed by atoms with E-state index < -0.39 is 15.5 Å². The van der Waals surface area contributed by atoms with Crippen LogP contribution in [0.3, 0.4) is 0 Å². The Morgan fingerprint density at radius 2 is 1.32 bits per heavy atom. The van der Waals surface area contributed by atoms with Crippen LogP contribution < -0.4 is 5.43 Å². The van der Waals surface area contributed by atoms with Crippen molar-refractivity contribution in [3.8, 4) is 0 Å². The highest BCUT2D eigenvalue weighted by molar-refractivity contribution is 6.17. The van der Waals surface area contributed by atoms with Gasteiger partial charge in [0.25, 0.3) is 5.69 Å². The average Bonchev–Trinajstić information content (AvgIpc) is 2.85. The van der Waals surface area contributed by atoms with Gasteiger partial charge in [0.1, 0.15) is 5.69 Å². The number of benzene rings is 3. The quantitative estimate of drug-likeness (QED) is 0.332. The maximum absolute atomic E-state index is 11.5. The number of hydrogen-bond acceptors (Lipinski definition) is 6. The highest BCUT2D eigenvalue weighted by Crippen LogP contribution is 2.32. The average molecular weight is 454 g/mol. The first kappa shape index (κ1) is 22.6. The number of nitro groups is 2. The third-order valence-electron chi connectivity index (χ3n) is 5.46. The van der Waals surface area contributed by atoms with Gasteiger partial charge in [0.2, 0.25) is 0 Å². The van der Waals surface area contributed by atoms with Gasteiger partial charge < -0.3 is 0 Å². The van der Waals surface area contributed by atoms with Crippen molar-refractivity contribution in [1.29, 1.82) is 0 Å². The zero-order valence-electron chi connectivity index (χ0n) is 18.3. The molecule has 0 heterocycles. The van der Waals surface area contributed by atoms with Crippen LogP contribution in [0.15, 0.2) is 95.1 Å². The molecule has 3 aromatic carbocycles. The smallest absolute Gasteiger partial charge is 0.271 e. The summed E-state index contributed by atoms with van der Waals surface area (Å²) < 4.78 is 0. The van der Waals surface area contributed by atoms with E-state index in [0.29, 0.717) is 5.71 Å². The second-order valence-electron chi connectivity index (χ2n) is 7.80. The molecule has 170 valence electrons. The highest BCUT2D eigenvalue weighted by Gasteiger charge is 2.22. The molecule has 0 aliphatic heterocycles. The standard InChI is InChI=1S/C26H22N4O4/c31-29(32)23-14-15-24(25(18-23)30(33)34)27-28-26-21(16-19-8-3-1-4-9-19)12-7-13-22(26)17-20-10-5-2-6-11-20/h1-6,8-11,14-18,27H,7,12-13H2/b21-16+,22-17+. The second kappa shape index (κ2) is 10.4. The van der Waals surface area contributed by atoms with Crippen LogP contribution in [0.25, 0.3) is 12.2 Å². The van der Waals surface area contributed by atoms with Crippen molar-refractivity contribution in [3.63, 3.8) is 0 Å². The Labute approximate surface area is 196 Å². The first-order chi connectivity index (χ1) is 16.5. The number of allylic oxidation sites excluding steroid dienone is 2. The topological polar surface area (TPSA) is 111 Å². The fourth-order valence-electron chi connectivity index (χ4n) is 3.83. The lowest BCUT2D eigenvalue weighted by atomic mass is 9.86. The molecule has 0 spiro atoms. The lowest BCUT2D eigenvalue weighted by molar-refractivity contribution is -0.393. The summed E-state index contributed by atoms with van der Waals surface area (Å²) in [7, 11) is 0. The Bertz CT molecular complexity index is 1240.